The Labute approximate surface area is 93.1 Å². The van der Waals surface area contributed by atoms with Crippen LogP contribution in [0, 0.1) is 0 Å². The smallest absolute Gasteiger partial charge is 0.326 e. The minimum atomic E-state index is -3.71. The predicted molar refractivity (Wildman–Crippen MR) is 58.3 cm³/mol. The van der Waals surface area contributed by atoms with Crippen LogP contribution >= 0.6 is 0 Å². The maximum absolute atomic E-state index is 11.8. The number of amides is 2. The lowest BCUT2D eigenvalue weighted by Crippen LogP contribution is -2.41. The Morgan fingerprint density at radius 2 is 2.12 bits per heavy atom. The molecule has 0 atom stereocenters. The van der Waals surface area contributed by atoms with Crippen molar-refractivity contribution in [2.24, 2.45) is 5.73 Å². The molecule has 0 saturated heterocycles. The highest BCUT2D eigenvalue weighted by Gasteiger charge is 2.33. The summed E-state index contributed by atoms with van der Waals surface area (Å²) in [5, 5.41) is 2.49. The van der Waals surface area contributed by atoms with E-state index >= 15 is 0 Å². The van der Waals surface area contributed by atoms with Crippen molar-refractivity contribution in [1.29, 1.82) is 0 Å². The molecule has 3 N–H and O–H groups in total. The molecule has 0 radical (unpaired) electrons. The number of fused-ring (bicyclic) bond motifs is 1. The van der Waals surface area contributed by atoms with Crippen LogP contribution in [0.5, 0.6) is 0 Å². The van der Waals surface area contributed by atoms with E-state index < -0.39 is 16.1 Å². The lowest BCUT2D eigenvalue weighted by atomic mass is 10.2. The van der Waals surface area contributed by atoms with Gasteiger partial charge in [0.1, 0.15) is 4.90 Å². The second kappa shape index (κ2) is 3.46. The van der Waals surface area contributed by atoms with Gasteiger partial charge in [0.25, 0.3) is 10.0 Å². The van der Waals surface area contributed by atoms with Gasteiger partial charge in [0.05, 0.1) is 5.69 Å². The molecule has 86 valence electrons. The van der Waals surface area contributed by atoms with Gasteiger partial charge < -0.3 is 11.1 Å². The highest BCUT2D eigenvalue weighted by molar-refractivity contribution is 7.90. The number of nitrogens with two attached hydrogens (primary N) is 1. The first-order valence-corrected chi connectivity index (χ1v) is 6.03. The summed E-state index contributed by atoms with van der Waals surface area (Å²) in [7, 11) is -2.50. The van der Waals surface area contributed by atoms with Crippen LogP contribution < -0.4 is 11.1 Å². The number of carbonyl (C=O) groups is 1. The monoisotopic (exact) mass is 241 g/mol. The zero-order valence-electron chi connectivity index (χ0n) is 8.60. The average molecular weight is 241 g/mol. The van der Waals surface area contributed by atoms with Crippen LogP contribution in [0.3, 0.4) is 0 Å². The number of anilines is 1. The third kappa shape index (κ3) is 1.44. The molecule has 6 nitrogen and oxygen atoms in total. The van der Waals surface area contributed by atoms with E-state index in [0.717, 1.165) is 5.56 Å². The Hall–Kier alpha value is -1.60. The highest BCUT2D eigenvalue weighted by atomic mass is 32.2. The molecular formula is C9H11N3O3S. The van der Waals surface area contributed by atoms with Gasteiger partial charge in [-0.25, -0.2) is 17.5 Å². The average Bonchev–Trinajstić information content (AvgIpc) is 2.26. The molecule has 1 aliphatic heterocycles. The van der Waals surface area contributed by atoms with Crippen molar-refractivity contribution in [2.45, 2.75) is 11.4 Å². The fourth-order valence-electron chi connectivity index (χ4n) is 1.48. The Morgan fingerprint density at radius 1 is 1.44 bits per heavy atom. The van der Waals surface area contributed by atoms with Gasteiger partial charge in [0, 0.05) is 13.6 Å². The van der Waals surface area contributed by atoms with Gasteiger partial charge in [-0.05, 0) is 17.7 Å². The van der Waals surface area contributed by atoms with Crippen LogP contribution in [0.15, 0.2) is 23.1 Å². The molecule has 0 aromatic heterocycles. The van der Waals surface area contributed by atoms with Gasteiger partial charge in [0.2, 0.25) is 0 Å². The summed E-state index contributed by atoms with van der Waals surface area (Å²) in [5.74, 6) is 0. The number of nitrogens with zero attached hydrogens (tertiary/aromatic N) is 1. The third-order valence-electron chi connectivity index (χ3n) is 2.45. The van der Waals surface area contributed by atoms with E-state index in [1.54, 1.807) is 12.1 Å². The van der Waals surface area contributed by atoms with Crippen LogP contribution in [0.4, 0.5) is 10.5 Å². The van der Waals surface area contributed by atoms with E-state index in [4.69, 9.17) is 5.73 Å². The molecule has 1 aliphatic rings. The van der Waals surface area contributed by atoms with Gasteiger partial charge in [-0.1, -0.05) is 6.07 Å². The van der Waals surface area contributed by atoms with E-state index in [9.17, 15) is 13.2 Å². The van der Waals surface area contributed by atoms with E-state index in [0.29, 0.717) is 10.8 Å². The van der Waals surface area contributed by atoms with Crippen LogP contribution in [0.25, 0.3) is 0 Å². The molecular weight excluding hydrogens is 230 g/mol. The minimum Gasteiger partial charge on any atom is -0.326 e. The summed E-state index contributed by atoms with van der Waals surface area (Å²) >= 11 is 0. The van der Waals surface area contributed by atoms with Crippen LogP contribution in [0.2, 0.25) is 0 Å². The standard InChI is InChI=1S/C9H11N3O3S/c1-12-9(13)11-7-4-6(5-10)2-3-8(7)16(12,14)15/h2-4H,5,10H2,1H3,(H,11,13). The summed E-state index contributed by atoms with van der Waals surface area (Å²) in [6, 6.07) is 3.98. The van der Waals surface area contributed by atoms with Crippen molar-refractivity contribution in [3.05, 3.63) is 23.8 Å². The lowest BCUT2D eigenvalue weighted by Gasteiger charge is -2.25. The SMILES string of the molecule is CN1C(=O)Nc2cc(CN)ccc2S1(=O)=O. The normalized spacial score (nSPS) is 17.9. The van der Waals surface area contributed by atoms with E-state index in [1.165, 1.54) is 13.1 Å². The first-order chi connectivity index (χ1) is 7.46. The zero-order chi connectivity index (χ0) is 11.9. The maximum atomic E-state index is 11.8. The van der Waals surface area contributed by atoms with E-state index in [1.807, 2.05) is 0 Å². The minimum absolute atomic E-state index is 0.0896. The van der Waals surface area contributed by atoms with Gasteiger partial charge in [-0.2, -0.15) is 0 Å². The van der Waals surface area contributed by atoms with Crippen molar-refractivity contribution in [2.75, 3.05) is 12.4 Å². The van der Waals surface area contributed by atoms with Crippen LogP contribution in [-0.4, -0.2) is 25.8 Å². The zero-order valence-corrected chi connectivity index (χ0v) is 9.41. The summed E-state index contributed by atoms with van der Waals surface area (Å²) < 4.78 is 24.4. The highest BCUT2D eigenvalue weighted by Crippen LogP contribution is 2.29. The molecule has 0 bridgehead atoms. The number of urea groups is 1. The molecule has 0 unspecified atom stereocenters. The summed E-state index contributed by atoms with van der Waals surface area (Å²) in [6.07, 6.45) is 0. The molecule has 2 amide bonds. The Morgan fingerprint density at radius 3 is 2.75 bits per heavy atom. The van der Waals surface area contributed by atoms with Crippen molar-refractivity contribution in [1.82, 2.24) is 4.31 Å². The maximum Gasteiger partial charge on any atom is 0.335 e. The number of rotatable bonds is 1. The molecule has 0 spiro atoms. The van der Waals surface area contributed by atoms with Crippen molar-refractivity contribution < 1.29 is 13.2 Å². The molecule has 2 rings (SSSR count). The first-order valence-electron chi connectivity index (χ1n) is 4.59. The molecule has 7 heteroatoms. The summed E-state index contributed by atoms with van der Waals surface area (Å²) in [5.41, 5.74) is 6.49. The molecule has 1 aromatic carbocycles. The fraction of sp³-hybridized carbons (Fsp3) is 0.222. The number of hydrogen-bond donors (Lipinski definition) is 2. The topological polar surface area (TPSA) is 92.5 Å². The van der Waals surface area contributed by atoms with Crippen LogP contribution in [-0.2, 0) is 16.6 Å². The number of nitrogens with one attached hydrogen (secondary N) is 1. The molecule has 0 aliphatic carbocycles. The van der Waals surface area contributed by atoms with Crippen molar-refractivity contribution in [3.63, 3.8) is 0 Å². The lowest BCUT2D eigenvalue weighted by molar-refractivity contribution is 0.240. The fourth-order valence-corrected chi connectivity index (χ4v) is 2.66. The largest absolute Gasteiger partial charge is 0.335 e. The van der Waals surface area contributed by atoms with Gasteiger partial charge in [-0.3, -0.25) is 0 Å². The Balaban J connectivity index is 2.65. The molecule has 1 aromatic rings. The molecule has 0 fully saturated rings. The van der Waals surface area contributed by atoms with Gasteiger partial charge >= 0.3 is 6.03 Å². The van der Waals surface area contributed by atoms with Crippen molar-refractivity contribution >= 4 is 21.7 Å². The van der Waals surface area contributed by atoms with E-state index in [2.05, 4.69) is 5.32 Å². The molecule has 0 saturated carbocycles. The van der Waals surface area contributed by atoms with E-state index in [-0.39, 0.29) is 10.6 Å². The summed E-state index contributed by atoms with van der Waals surface area (Å²) in [4.78, 5) is 11.5. The third-order valence-corrected chi connectivity index (χ3v) is 4.24. The molecule has 1 heterocycles. The number of carbonyl (C=O) groups excluding carboxylic acids is 1. The van der Waals surface area contributed by atoms with Gasteiger partial charge in [0.15, 0.2) is 0 Å². The van der Waals surface area contributed by atoms with Crippen molar-refractivity contribution in [3.8, 4) is 0 Å². The Bertz CT molecular complexity index is 553. The van der Waals surface area contributed by atoms with Crippen LogP contribution in [0.1, 0.15) is 5.56 Å². The summed E-state index contributed by atoms with van der Waals surface area (Å²) in [6.45, 7) is 0.291. The second-order valence-electron chi connectivity index (χ2n) is 3.44. The number of hydrogen-bond acceptors (Lipinski definition) is 4. The number of sulfonamides is 1. The molecule has 16 heavy (non-hydrogen) atoms. The number of benzene rings is 1. The first kappa shape index (κ1) is 10.9. The Kier molecular flexibility index (Phi) is 2.36. The van der Waals surface area contributed by atoms with Gasteiger partial charge in [-0.15, -0.1) is 0 Å². The quantitative estimate of drug-likeness (QED) is 0.740. The second-order valence-corrected chi connectivity index (χ2v) is 5.38. The predicted octanol–water partition coefficient (Wildman–Crippen LogP) is 0.311.